The minimum absolute atomic E-state index is 0.123. The Balaban J connectivity index is 2.39. The van der Waals surface area contributed by atoms with Gasteiger partial charge in [0.2, 0.25) is 5.91 Å². The SMILES string of the molecule is COC(=O)CCN1CCN(C(=O)C(C)(C)C#N)CC1. The molecule has 0 unspecified atom stereocenters. The largest absolute Gasteiger partial charge is 0.469 e. The summed E-state index contributed by atoms with van der Waals surface area (Å²) in [5.41, 5.74) is -0.964. The van der Waals surface area contributed by atoms with Gasteiger partial charge in [-0.2, -0.15) is 5.26 Å². The van der Waals surface area contributed by atoms with Crippen LogP contribution < -0.4 is 0 Å². The molecule has 19 heavy (non-hydrogen) atoms. The number of esters is 1. The Morgan fingerprint density at radius 1 is 1.26 bits per heavy atom. The van der Waals surface area contributed by atoms with Gasteiger partial charge in [0.15, 0.2) is 0 Å². The smallest absolute Gasteiger partial charge is 0.306 e. The molecule has 1 saturated heterocycles. The maximum Gasteiger partial charge on any atom is 0.306 e. The highest BCUT2D eigenvalue weighted by molar-refractivity contribution is 5.84. The van der Waals surface area contributed by atoms with Crippen molar-refractivity contribution in [3.05, 3.63) is 0 Å². The molecule has 1 fully saturated rings. The van der Waals surface area contributed by atoms with E-state index in [1.54, 1.807) is 18.7 Å². The standard InChI is InChI=1S/C13H21N3O3/c1-13(2,10-14)12(18)16-8-6-15(7-9-16)5-4-11(17)19-3/h4-9H2,1-3H3. The van der Waals surface area contributed by atoms with Crippen molar-refractivity contribution in [1.29, 1.82) is 5.26 Å². The molecule has 1 heterocycles. The second-order valence-electron chi connectivity index (χ2n) is 5.20. The number of piperazine rings is 1. The molecule has 0 N–H and O–H groups in total. The third-order valence-electron chi connectivity index (χ3n) is 3.33. The van der Waals surface area contributed by atoms with E-state index in [1.165, 1.54) is 7.11 Å². The minimum Gasteiger partial charge on any atom is -0.469 e. The van der Waals surface area contributed by atoms with Crippen LogP contribution in [-0.2, 0) is 14.3 Å². The molecule has 0 atom stereocenters. The summed E-state index contributed by atoms with van der Waals surface area (Å²) in [5.74, 6) is -0.341. The highest BCUT2D eigenvalue weighted by atomic mass is 16.5. The van der Waals surface area contributed by atoms with Crippen LogP contribution in [0.4, 0.5) is 0 Å². The number of methoxy groups -OCH3 is 1. The molecule has 6 nitrogen and oxygen atoms in total. The number of amides is 1. The zero-order chi connectivity index (χ0) is 14.5. The summed E-state index contributed by atoms with van der Waals surface area (Å²) in [6, 6.07) is 2.03. The first-order chi connectivity index (χ1) is 8.90. The number of hydrogen-bond donors (Lipinski definition) is 0. The van der Waals surface area contributed by atoms with Gasteiger partial charge in [-0.25, -0.2) is 0 Å². The zero-order valence-electron chi connectivity index (χ0n) is 11.8. The third-order valence-corrected chi connectivity index (χ3v) is 3.33. The van der Waals surface area contributed by atoms with Crippen LogP contribution in [0.15, 0.2) is 0 Å². The number of nitrogens with zero attached hydrogens (tertiary/aromatic N) is 3. The zero-order valence-corrected chi connectivity index (χ0v) is 11.8. The number of nitriles is 1. The molecule has 1 aliphatic heterocycles. The van der Waals surface area contributed by atoms with Crippen molar-refractivity contribution < 1.29 is 14.3 Å². The lowest BCUT2D eigenvalue weighted by molar-refractivity contribution is -0.142. The van der Waals surface area contributed by atoms with E-state index in [1.807, 2.05) is 6.07 Å². The first kappa shape index (κ1) is 15.4. The summed E-state index contributed by atoms with van der Waals surface area (Å²) >= 11 is 0. The molecule has 0 aromatic carbocycles. The van der Waals surface area contributed by atoms with Crippen LogP contribution in [0.1, 0.15) is 20.3 Å². The van der Waals surface area contributed by atoms with Crippen molar-refractivity contribution in [1.82, 2.24) is 9.80 Å². The molecule has 0 bridgehead atoms. The van der Waals surface area contributed by atoms with E-state index in [0.717, 1.165) is 13.1 Å². The van der Waals surface area contributed by atoms with E-state index in [2.05, 4.69) is 9.64 Å². The summed E-state index contributed by atoms with van der Waals surface area (Å²) < 4.78 is 4.59. The number of ether oxygens (including phenoxy) is 1. The lowest BCUT2D eigenvalue weighted by atomic mass is 9.93. The van der Waals surface area contributed by atoms with Gasteiger partial charge in [-0.3, -0.25) is 14.5 Å². The summed E-state index contributed by atoms with van der Waals surface area (Å²) in [6.45, 7) is 6.58. The third kappa shape index (κ3) is 4.21. The average molecular weight is 267 g/mol. The molecule has 1 amide bonds. The second kappa shape index (κ2) is 6.53. The highest BCUT2D eigenvalue weighted by Gasteiger charge is 2.33. The van der Waals surface area contributed by atoms with E-state index >= 15 is 0 Å². The molecule has 0 aromatic rings. The van der Waals surface area contributed by atoms with E-state index in [9.17, 15) is 9.59 Å². The van der Waals surface area contributed by atoms with Crippen LogP contribution in [0.25, 0.3) is 0 Å². The topological polar surface area (TPSA) is 73.6 Å². The second-order valence-corrected chi connectivity index (χ2v) is 5.20. The fourth-order valence-electron chi connectivity index (χ4n) is 1.97. The fourth-order valence-corrected chi connectivity index (χ4v) is 1.97. The van der Waals surface area contributed by atoms with Crippen LogP contribution in [0, 0.1) is 16.7 Å². The molecular weight excluding hydrogens is 246 g/mol. The van der Waals surface area contributed by atoms with Crippen LogP contribution in [0.3, 0.4) is 0 Å². The molecule has 1 rings (SSSR count). The Morgan fingerprint density at radius 2 is 1.84 bits per heavy atom. The maximum atomic E-state index is 12.1. The first-order valence-electron chi connectivity index (χ1n) is 6.40. The van der Waals surface area contributed by atoms with E-state index in [-0.39, 0.29) is 11.9 Å². The molecule has 6 heteroatoms. The molecule has 1 aliphatic rings. The van der Waals surface area contributed by atoms with Crippen LogP contribution in [0.5, 0.6) is 0 Å². The van der Waals surface area contributed by atoms with Gasteiger partial charge in [0, 0.05) is 32.7 Å². The number of carbonyl (C=O) groups excluding carboxylic acids is 2. The number of carbonyl (C=O) groups is 2. The average Bonchev–Trinajstić information content (AvgIpc) is 2.44. The van der Waals surface area contributed by atoms with Gasteiger partial charge < -0.3 is 9.64 Å². The van der Waals surface area contributed by atoms with Crippen molar-refractivity contribution in [2.24, 2.45) is 5.41 Å². The van der Waals surface area contributed by atoms with E-state index < -0.39 is 5.41 Å². The van der Waals surface area contributed by atoms with Gasteiger partial charge in [0.1, 0.15) is 5.41 Å². The predicted octanol–water partition coefficient (Wildman–Crippen LogP) is 0.243. The molecule has 106 valence electrons. The Hall–Kier alpha value is -1.61. The molecule has 0 spiro atoms. The summed E-state index contributed by atoms with van der Waals surface area (Å²) in [7, 11) is 1.38. The monoisotopic (exact) mass is 267 g/mol. The van der Waals surface area contributed by atoms with Gasteiger partial charge in [-0.05, 0) is 13.8 Å². The molecule has 0 saturated carbocycles. The first-order valence-corrected chi connectivity index (χ1v) is 6.40. The van der Waals surface area contributed by atoms with Crippen molar-refractivity contribution >= 4 is 11.9 Å². The lowest BCUT2D eigenvalue weighted by Crippen LogP contribution is -2.52. The predicted molar refractivity (Wildman–Crippen MR) is 69.0 cm³/mol. The Morgan fingerprint density at radius 3 is 2.32 bits per heavy atom. The molecular formula is C13H21N3O3. The van der Waals surface area contributed by atoms with Gasteiger partial charge in [0.25, 0.3) is 0 Å². The van der Waals surface area contributed by atoms with E-state index in [0.29, 0.717) is 26.1 Å². The quantitative estimate of drug-likeness (QED) is 0.682. The van der Waals surface area contributed by atoms with Crippen molar-refractivity contribution in [2.45, 2.75) is 20.3 Å². The van der Waals surface area contributed by atoms with Crippen molar-refractivity contribution in [2.75, 3.05) is 39.8 Å². The van der Waals surface area contributed by atoms with Gasteiger partial charge in [0.05, 0.1) is 19.6 Å². The van der Waals surface area contributed by atoms with Crippen LogP contribution in [0.2, 0.25) is 0 Å². The molecule has 0 aromatic heterocycles. The van der Waals surface area contributed by atoms with E-state index in [4.69, 9.17) is 5.26 Å². The Kier molecular flexibility index (Phi) is 5.31. The highest BCUT2D eigenvalue weighted by Crippen LogP contribution is 2.18. The minimum atomic E-state index is -0.964. The van der Waals surface area contributed by atoms with Crippen molar-refractivity contribution in [3.63, 3.8) is 0 Å². The summed E-state index contributed by atoms with van der Waals surface area (Å²) in [6.07, 6.45) is 0.369. The normalized spacial score (nSPS) is 16.8. The Labute approximate surface area is 113 Å². The van der Waals surface area contributed by atoms with Crippen LogP contribution >= 0.6 is 0 Å². The number of hydrogen-bond acceptors (Lipinski definition) is 5. The summed E-state index contributed by atoms with van der Waals surface area (Å²) in [5, 5.41) is 8.96. The van der Waals surface area contributed by atoms with Crippen LogP contribution in [-0.4, -0.2) is 61.5 Å². The van der Waals surface area contributed by atoms with Crippen molar-refractivity contribution in [3.8, 4) is 6.07 Å². The lowest BCUT2D eigenvalue weighted by Gasteiger charge is -2.36. The van der Waals surface area contributed by atoms with Gasteiger partial charge in [-0.15, -0.1) is 0 Å². The Bertz CT molecular complexity index is 379. The fraction of sp³-hybridized carbons (Fsp3) is 0.769. The van der Waals surface area contributed by atoms with Gasteiger partial charge >= 0.3 is 5.97 Å². The number of rotatable bonds is 4. The van der Waals surface area contributed by atoms with Gasteiger partial charge in [-0.1, -0.05) is 0 Å². The molecule has 0 aliphatic carbocycles. The summed E-state index contributed by atoms with van der Waals surface area (Å²) in [4.78, 5) is 27.0. The molecule has 0 radical (unpaired) electrons. The maximum absolute atomic E-state index is 12.1.